The number of fused-ring (bicyclic) bond motifs is 1. The average Bonchev–Trinajstić information content (AvgIpc) is 2.87. The van der Waals surface area contributed by atoms with E-state index in [2.05, 4.69) is 15.5 Å². The van der Waals surface area contributed by atoms with Gasteiger partial charge < -0.3 is 25.0 Å². The second-order valence-electron chi connectivity index (χ2n) is 7.95. The van der Waals surface area contributed by atoms with Gasteiger partial charge in [-0.25, -0.2) is 4.99 Å². The Kier molecular flexibility index (Phi) is 7.12. The van der Waals surface area contributed by atoms with Crippen LogP contribution in [0.1, 0.15) is 35.3 Å². The zero-order valence-corrected chi connectivity index (χ0v) is 20.5. The summed E-state index contributed by atoms with van der Waals surface area (Å²) in [5, 5.41) is 6.65. The molecule has 2 aliphatic heterocycles. The number of hydrogen-bond donors (Lipinski definition) is 2. The summed E-state index contributed by atoms with van der Waals surface area (Å²) in [6.07, 6.45) is 1.01. The van der Waals surface area contributed by atoms with E-state index in [4.69, 9.17) is 14.5 Å². The third-order valence-corrected chi connectivity index (χ3v) is 6.88. The van der Waals surface area contributed by atoms with Gasteiger partial charge in [0.05, 0.1) is 31.5 Å². The molecule has 2 aromatic rings. The smallest absolute Gasteiger partial charge is 0.255 e. The summed E-state index contributed by atoms with van der Waals surface area (Å²) >= 11 is 1.71. The predicted molar refractivity (Wildman–Crippen MR) is 135 cm³/mol. The Hall–Kier alpha value is -3.46. The van der Waals surface area contributed by atoms with E-state index in [1.165, 1.54) is 0 Å². The fraction of sp³-hybridized carbons (Fsp3) is 0.320. The topological polar surface area (TPSA) is 92.3 Å². The molecule has 2 N–H and O–H groups in total. The van der Waals surface area contributed by atoms with E-state index in [-0.39, 0.29) is 17.9 Å². The quantitative estimate of drug-likeness (QED) is 0.653. The second-order valence-corrected chi connectivity index (χ2v) is 9.01. The largest absolute Gasteiger partial charge is 0.497 e. The third-order valence-electron chi connectivity index (χ3n) is 5.80. The van der Waals surface area contributed by atoms with Crippen molar-refractivity contribution in [2.24, 2.45) is 4.99 Å². The molecule has 1 unspecified atom stereocenters. The van der Waals surface area contributed by atoms with E-state index in [1.807, 2.05) is 31.2 Å². The van der Waals surface area contributed by atoms with Crippen molar-refractivity contribution in [2.75, 3.05) is 38.9 Å². The van der Waals surface area contributed by atoms with Crippen molar-refractivity contribution in [3.05, 3.63) is 64.9 Å². The molecule has 4 rings (SSSR count). The highest BCUT2D eigenvalue weighted by Gasteiger charge is 2.36. The molecule has 2 amide bonds. The molecule has 9 heteroatoms. The van der Waals surface area contributed by atoms with Gasteiger partial charge >= 0.3 is 0 Å². The second kappa shape index (κ2) is 10.2. The number of anilines is 1. The summed E-state index contributed by atoms with van der Waals surface area (Å²) in [6.45, 7) is 2.68. The highest BCUT2D eigenvalue weighted by molar-refractivity contribution is 8.13. The molecule has 0 spiro atoms. The Labute approximate surface area is 203 Å². The van der Waals surface area contributed by atoms with E-state index < -0.39 is 0 Å². The van der Waals surface area contributed by atoms with Crippen LogP contribution in [0.5, 0.6) is 11.5 Å². The number of benzene rings is 2. The van der Waals surface area contributed by atoms with Crippen LogP contribution in [0.15, 0.2) is 58.7 Å². The number of likely N-dealkylation sites (N-methyl/N-ethyl adjacent to an activating group) is 1. The van der Waals surface area contributed by atoms with Gasteiger partial charge in [0.15, 0.2) is 5.17 Å². The zero-order valence-electron chi connectivity index (χ0n) is 19.7. The fourth-order valence-electron chi connectivity index (χ4n) is 4.17. The van der Waals surface area contributed by atoms with Crippen molar-refractivity contribution < 1.29 is 19.1 Å². The number of amidine groups is 1. The molecule has 8 nitrogen and oxygen atoms in total. The highest BCUT2D eigenvalue weighted by atomic mass is 32.2. The number of aliphatic imine (C=N–C) groups is 1. The molecule has 0 radical (unpaired) electrons. The van der Waals surface area contributed by atoms with Crippen molar-refractivity contribution >= 4 is 34.4 Å². The summed E-state index contributed by atoms with van der Waals surface area (Å²) in [7, 11) is 4.71. The van der Waals surface area contributed by atoms with Gasteiger partial charge in [0.25, 0.3) is 11.8 Å². The Bertz CT molecular complexity index is 1160. The molecule has 0 aromatic heterocycles. The maximum atomic E-state index is 13.0. The van der Waals surface area contributed by atoms with Crippen LogP contribution in [-0.2, 0) is 4.79 Å². The lowest BCUT2D eigenvalue weighted by atomic mass is 9.93. The number of ether oxygens (including phenoxy) is 2. The minimum absolute atomic E-state index is 0.154. The number of carbonyl (C=O) groups excluding carboxylic acids is 2. The molecular formula is C25H28N4O4S. The van der Waals surface area contributed by atoms with Gasteiger partial charge in [0.2, 0.25) is 0 Å². The van der Waals surface area contributed by atoms with E-state index in [1.54, 1.807) is 51.2 Å². The molecule has 2 aliphatic rings. The number of carbonyl (C=O) groups is 2. The lowest BCUT2D eigenvalue weighted by molar-refractivity contribution is -0.117. The zero-order chi connectivity index (χ0) is 24.2. The first kappa shape index (κ1) is 23.7. The number of nitrogens with zero attached hydrogens (tertiary/aromatic N) is 2. The van der Waals surface area contributed by atoms with Gasteiger partial charge in [-0.2, -0.15) is 0 Å². The molecule has 1 saturated heterocycles. The minimum atomic E-state index is -0.285. The van der Waals surface area contributed by atoms with Crippen molar-refractivity contribution in [2.45, 2.75) is 19.4 Å². The van der Waals surface area contributed by atoms with Crippen molar-refractivity contribution in [3.63, 3.8) is 0 Å². The summed E-state index contributed by atoms with van der Waals surface area (Å²) in [5.74, 6) is 1.63. The first-order chi connectivity index (χ1) is 16.4. The number of nitrogens with one attached hydrogen (secondary N) is 2. The number of rotatable bonds is 6. The molecule has 0 bridgehead atoms. The molecule has 34 heavy (non-hydrogen) atoms. The van der Waals surface area contributed by atoms with Crippen LogP contribution in [0.4, 0.5) is 5.69 Å². The van der Waals surface area contributed by atoms with E-state index in [0.717, 1.165) is 29.4 Å². The van der Waals surface area contributed by atoms with E-state index >= 15 is 0 Å². The SMILES string of the molecule is CNC(=O)C1=C(C)N=C2SCCCN2C1c1cccc(NC(=O)c2cc(OC)cc(OC)c2)c1. The van der Waals surface area contributed by atoms with Crippen LogP contribution in [0.2, 0.25) is 0 Å². The van der Waals surface area contributed by atoms with Gasteiger partial charge in [-0.05, 0) is 43.2 Å². The number of thioether (sulfide) groups is 1. The Morgan fingerprint density at radius 1 is 1.09 bits per heavy atom. The van der Waals surface area contributed by atoms with Gasteiger partial charge in [-0.3, -0.25) is 9.59 Å². The molecule has 0 saturated carbocycles. The van der Waals surface area contributed by atoms with Crippen LogP contribution < -0.4 is 20.1 Å². The molecule has 2 heterocycles. The summed E-state index contributed by atoms with van der Waals surface area (Å²) < 4.78 is 10.6. The van der Waals surface area contributed by atoms with Crippen LogP contribution in [0, 0.1) is 0 Å². The molecule has 178 valence electrons. The minimum Gasteiger partial charge on any atom is -0.497 e. The third kappa shape index (κ3) is 4.75. The summed E-state index contributed by atoms with van der Waals surface area (Å²) in [5.41, 5.74) is 3.29. The van der Waals surface area contributed by atoms with Gasteiger partial charge in [-0.1, -0.05) is 23.9 Å². The Morgan fingerprint density at radius 2 is 1.82 bits per heavy atom. The first-order valence-corrected chi connectivity index (χ1v) is 12.0. The fourth-order valence-corrected chi connectivity index (χ4v) is 5.19. The van der Waals surface area contributed by atoms with Crippen molar-refractivity contribution in [1.29, 1.82) is 0 Å². The molecule has 1 atom stereocenters. The number of amides is 2. The van der Waals surface area contributed by atoms with Crippen LogP contribution in [0.25, 0.3) is 0 Å². The first-order valence-electron chi connectivity index (χ1n) is 11.0. The summed E-state index contributed by atoms with van der Waals surface area (Å²) in [6, 6.07) is 12.4. The monoisotopic (exact) mass is 480 g/mol. The lowest BCUT2D eigenvalue weighted by Gasteiger charge is -2.40. The van der Waals surface area contributed by atoms with E-state index in [9.17, 15) is 9.59 Å². The average molecular weight is 481 g/mol. The number of methoxy groups -OCH3 is 2. The lowest BCUT2D eigenvalue weighted by Crippen LogP contribution is -2.43. The molecular weight excluding hydrogens is 452 g/mol. The Balaban J connectivity index is 1.67. The molecule has 1 fully saturated rings. The number of hydrogen-bond acceptors (Lipinski definition) is 7. The van der Waals surface area contributed by atoms with Crippen LogP contribution >= 0.6 is 11.8 Å². The highest BCUT2D eigenvalue weighted by Crippen LogP contribution is 2.40. The molecule has 2 aromatic carbocycles. The number of allylic oxidation sites excluding steroid dienone is 1. The van der Waals surface area contributed by atoms with Crippen molar-refractivity contribution in [1.82, 2.24) is 10.2 Å². The van der Waals surface area contributed by atoms with Crippen LogP contribution in [0.3, 0.4) is 0 Å². The van der Waals surface area contributed by atoms with Crippen molar-refractivity contribution in [3.8, 4) is 11.5 Å². The summed E-state index contributed by atoms with van der Waals surface area (Å²) in [4.78, 5) is 32.7. The normalized spacial score (nSPS) is 17.5. The van der Waals surface area contributed by atoms with Gasteiger partial charge in [-0.15, -0.1) is 0 Å². The van der Waals surface area contributed by atoms with Gasteiger partial charge in [0, 0.05) is 36.7 Å². The molecule has 0 aliphatic carbocycles. The van der Waals surface area contributed by atoms with E-state index in [0.29, 0.717) is 34.0 Å². The maximum absolute atomic E-state index is 13.0. The van der Waals surface area contributed by atoms with Crippen LogP contribution in [-0.4, -0.2) is 55.4 Å². The standard InChI is InChI=1S/C25H28N4O4S/c1-15-21(24(31)26-2)22(29-9-6-10-34-25(29)27-15)16-7-5-8-18(11-16)28-23(30)17-12-19(32-3)14-20(13-17)33-4/h5,7-8,11-14,22H,6,9-10H2,1-4H3,(H,26,31)(H,28,30). The maximum Gasteiger partial charge on any atom is 0.255 e. The van der Waals surface area contributed by atoms with Gasteiger partial charge in [0.1, 0.15) is 11.5 Å². The predicted octanol–water partition coefficient (Wildman–Crippen LogP) is 3.83. The Morgan fingerprint density at radius 3 is 2.50 bits per heavy atom.